The fraction of sp³-hybridized carbons (Fsp3) is 0.294. The van der Waals surface area contributed by atoms with Crippen LogP contribution in [-0.2, 0) is 6.42 Å². The number of hydrogen-bond acceptors (Lipinski definition) is 2. The predicted octanol–water partition coefficient (Wildman–Crippen LogP) is 4.49. The smallest absolute Gasteiger partial charge is 0.128 e. The topological polar surface area (TPSA) is 21.3 Å². The lowest BCUT2D eigenvalue weighted by Gasteiger charge is -2.20. The second kappa shape index (κ2) is 7.57. The van der Waals surface area contributed by atoms with Gasteiger partial charge in [0.1, 0.15) is 11.6 Å². The number of methoxy groups -OCH3 is 1. The van der Waals surface area contributed by atoms with E-state index in [1.54, 1.807) is 13.2 Å². The Morgan fingerprint density at radius 2 is 2.00 bits per heavy atom. The standard InChI is InChI=1S/C17H19BrFNO/c1-3-20-16(14-11-13(18)8-9-15(14)19)10-12-6-4-5-7-17(12)21-2/h4-9,11,16,20H,3,10H2,1-2H3. The van der Waals surface area contributed by atoms with Crippen molar-refractivity contribution in [1.29, 1.82) is 0 Å². The Bertz CT molecular complexity index is 603. The van der Waals surface area contributed by atoms with Crippen LogP contribution in [0.2, 0.25) is 0 Å². The van der Waals surface area contributed by atoms with Crippen molar-refractivity contribution in [3.05, 3.63) is 63.9 Å². The molecule has 1 unspecified atom stereocenters. The summed E-state index contributed by atoms with van der Waals surface area (Å²) < 4.78 is 20.4. The van der Waals surface area contributed by atoms with Crippen LogP contribution < -0.4 is 10.1 Å². The van der Waals surface area contributed by atoms with Crippen LogP contribution in [0.3, 0.4) is 0 Å². The van der Waals surface area contributed by atoms with Gasteiger partial charge in [0.25, 0.3) is 0 Å². The van der Waals surface area contributed by atoms with Gasteiger partial charge >= 0.3 is 0 Å². The van der Waals surface area contributed by atoms with E-state index in [9.17, 15) is 4.39 Å². The Balaban J connectivity index is 2.33. The van der Waals surface area contributed by atoms with Crippen molar-refractivity contribution in [2.24, 2.45) is 0 Å². The molecule has 21 heavy (non-hydrogen) atoms. The van der Waals surface area contributed by atoms with Gasteiger partial charge in [0.05, 0.1) is 7.11 Å². The third-order valence-corrected chi connectivity index (χ3v) is 3.89. The van der Waals surface area contributed by atoms with Crippen LogP contribution in [0.5, 0.6) is 5.75 Å². The average Bonchev–Trinajstić information content (AvgIpc) is 2.50. The molecule has 4 heteroatoms. The number of halogens is 2. The van der Waals surface area contributed by atoms with E-state index in [1.807, 2.05) is 37.3 Å². The number of nitrogens with one attached hydrogen (secondary N) is 1. The molecule has 2 aromatic carbocycles. The van der Waals surface area contributed by atoms with Gasteiger partial charge in [-0.15, -0.1) is 0 Å². The maximum absolute atomic E-state index is 14.1. The van der Waals surface area contributed by atoms with Gasteiger partial charge in [-0.1, -0.05) is 41.1 Å². The number of benzene rings is 2. The minimum absolute atomic E-state index is 0.0937. The molecule has 1 atom stereocenters. The number of likely N-dealkylation sites (N-methyl/N-ethyl adjacent to an activating group) is 1. The molecule has 2 aromatic rings. The minimum atomic E-state index is -0.195. The van der Waals surface area contributed by atoms with E-state index in [1.165, 1.54) is 6.07 Å². The normalized spacial score (nSPS) is 12.2. The molecule has 0 amide bonds. The highest BCUT2D eigenvalue weighted by molar-refractivity contribution is 9.10. The first kappa shape index (κ1) is 16.0. The first-order chi connectivity index (χ1) is 10.2. The Labute approximate surface area is 133 Å². The Morgan fingerprint density at radius 3 is 2.71 bits per heavy atom. The highest BCUT2D eigenvalue weighted by Gasteiger charge is 2.17. The van der Waals surface area contributed by atoms with Crippen molar-refractivity contribution in [3.63, 3.8) is 0 Å². The molecule has 0 radical (unpaired) electrons. The van der Waals surface area contributed by atoms with Crippen LogP contribution in [0.25, 0.3) is 0 Å². The second-order valence-electron chi connectivity index (χ2n) is 4.79. The van der Waals surface area contributed by atoms with Crippen molar-refractivity contribution < 1.29 is 9.13 Å². The van der Waals surface area contributed by atoms with Gasteiger partial charge in [-0.2, -0.15) is 0 Å². The third-order valence-electron chi connectivity index (χ3n) is 3.40. The van der Waals surface area contributed by atoms with Crippen LogP contribution in [0.1, 0.15) is 24.1 Å². The van der Waals surface area contributed by atoms with Crippen molar-refractivity contribution in [1.82, 2.24) is 5.32 Å². The summed E-state index contributed by atoms with van der Waals surface area (Å²) in [5.41, 5.74) is 1.72. The van der Waals surface area contributed by atoms with E-state index >= 15 is 0 Å². The highest BCUT2D eigenvalue weighted by Crippen LogP contribution is 2.28. The van der Waals surface area contributed by atoms with Gasteiger partial charge in [-0.3, -0.25) is 0 Å². The molecule has 2 nitrogen and oxygen atoms in total. The molecule has 0 aliphatic rings. The molecule has 0 bridgehead atoms. The predicted molar refractivity (Wildman–Crippen MR) is 87.2 cm³/mol. The molecule has 0 fully saturated rings. The number of rotatable bonds is 6. The Morgan fingerprint density at radius 1 is 1.24 bits per heavy atom. The lowest BCUT2D eigenvalue weighted by atomic mass is 9.97. The van der Waals surface area contributed by atoms with Crippen LogP contribution >= 0.6 is 15.9 Å². The van der Waals surface area contributed by atoms with Crippen molar-refractivity contribution in [2.75, 3.05) is 13.7 Å². The fourth-order valence-electron chi connectivity index (χ4n) is 2.41. The molecular weight excluding hydrogens is 333 g/mol. The second-order valence-corrected chi connectivity index (χ2v) is 5.71. The molecule has 1 N–H and O–H groups in total. The third kappa shape index (κ3) is 4.05. The number of hydrogen-bond donors (Lipinski definition) is 1. The summed E-state index contributed by atoms with van der Waals surface area (Å²) in [7, 11) is 1.65. The summed E-state index contributed by atoms with van der Waals surface area (Å²) >= 11 is 3.41. The lowest BCUT2D eigenvalue weighted by molar-refractivity contribution is 0.404. The summed E-state index contributed by atoms with van der Waals surface area (Å²) in [6, 6.07) is 12.8. The maximum Gasteiger partial charge on any atom is 0.128 e. The zero-order valence-electron chi connectivity index (χ0n) is 12.2. The van der Waals surface area contributed by atoms with Crippen molar-refractivity contribution in [3.8, 4) is 5.75 Å². The molecule has 0 saturated heterocycles. The van der Waals surface area contributed by atoms with Crippen molar-refractivity contribution >= 4 is 15.9 Å². The van der Waals surface area contributed by atoms with Gasteiger partial charge in [0.2, 0.25) is 0 Å². The summed E-state index contributed by atoms with van der Waals surface area (Å²) in [5, 5.41) is 3.35. The zero-order chi connectivity index (χ0) is 15.2. The quantitative estimate of drug-likeness (QED) is 0.827. The Kier molecular flexibility index (Phi) is 5.76. The van der Waals surface area contributed by atoms with Gasteiger partial charge in [-0.25, -0.2) is 4.39 Å². The van der Waals surface area contributed by atoms with Crippen LogP contribution in [0, 0.1) is 5.82 Å². The molecule has 0 aliphatic heterocycles. The molecule has 0 heterocycles. The van der Waals surface area contributed by atoms with Gasteiger partial charge in [-0.05, 0) is 42.8 Å². The highest BCUT2D eigenvalue weighted by atomic mass is 79.9. The molecule has 0 aliphatic carbocycles. The monoisotopic (exact) mass is 351 g/mol. The summed E-state index contributed by atoms with van der Waals surface area (Å²) in [4.78, 5) is 0. The Hall–Kier alpha value is -1.39. The average molecular weight is 352 g/mol. The van der Waals surface area contributed by atoms with Gasteiger partial charge in [0.15, 0.2) is 0 Å². The first-order valence-corrected chi connectivity index (χ1v) is 7.75. The number of para-hydroxylation sites is 1. The van der Waals surface area contributed by atoms with E-state index in [2.05, 4.69) is 21.2 Å². The fourth-order valence-corrected chi connectivity index (χ4v) is 2.79. The summed E-state index contributed by atoms with van der Waals surface area (Å²) in [6.45, 7) is 2.79. The largest absolute Gasteiger partial charge is 0.496 e. The van der Waals surface area contributed by atoms with Crippen molar-refractivity contribution in [2.45, 2.75) is 19.4 Å². The van der Waals surface area contributed by atoms with Crippen LogP contribution in [0.15, 0.2) is 46.9 Å². The van der Waals surface area contributed by atoms with E-state index in [-0.39, 0.29) is 11.9 Å². The summed E-state index contributed by atoms with van der Waals surface area (Å²) in [6.07, 6.45) is 0.672. The van der Waals surface area contributed by atoms with Gasteiger partial charge in [0, 0.05) is 16.1 Å². The summed E-state index contributed by atoms with van der Waals surface area (Å²) in [5.74, 6) is 0.634. The molecule has 2 rings (SSSR count). The van der Waals surface area contributed by atoms with Crippen LogP contribution in [-0.4, -0.2) is 13.7 Å². The molecule has 0 aromatic heterocycles. The zero-order valence-corrected chi connectivity index (χ0v) is 13.8. The van der Waals surface area contributed by atoms with E-state index < -0.39 is 0 Å². The van der Waals surface area contributed by atoms with E-state index in [0.29, 0.717) is 12.0 Å². The minimum Gasteiger partial charge on any atom is -0.496 e. The molecule has 0 spiro atoms. The SMILES string of the molecule is CCNC(Cc1ccccc1OC)c1cc(Br)ccc1F. The van der Waals surface area contributed by atoms with Crippen LogP contribution in [0.4, 0.5) is 4.39 Å². The molecule has 112 valence electrons. The lowest BCUT2D eigenvalue weighted by Crippen LogP contribution is -2.24. The van der Waals surface area contributed by atoms with Gasteiger partial charge < -0.3 is 10.1 Å². The first-order valence-electron chi connectivity index (χ1n) is 6.96. The number of ether oxygens (including phenoxy) is 1. The molecular formula is C17H19BrFNO. The maximum atomic E-state index is 14.1. The van der Waals surface area contributed by atoms with E-state index in [0.717, 1.165) is 22.3 Å². The molecule has 0 saturated carbocycles. The van der Waals surface area contributed by atoms with E-state index in [4.69, 9.17) is 4.74 Å².